The highest BCUT2D eigenvalue weighted by Crippen LogP contribution is 2.25. The van der Waals surface area contributed by atoms with E-state index in [-0.39, 0.29) is 0 Å². The number of rotatable bonds is 3. The van der Waals surface area contributed by atoms with Crippen LogP contribution in [0.1, 0.15) is 17.0 Å². The van der Waals surface area contributed by atoms with Crippen molar-refractivity contribution in [2.75, 3.05) is 31.2 Å². The summed E-state index contributed by atoms with van der Waals surface area (Å²) in [4.78, 5) is 11.5. The molecule has 0 saturated carbocycles. The Labute approximate surface area is 152 Å². The third-order valence-corrected chi connectivity index (χ3v) is 5.26. The second-order valence-electron chi connectivity index (χ2n) is 6.40. The molecule has 3 aromatic rings. The fraction of sp³-hybridized carbons (Fsp3) is 0.368. The van der Waals surface area contributed by atoms with Crippen LogP contribution in [0.25, 0.3) is 11.0 Å². The van der Waals surface area contributed by atoms with E-state index in [2.05, 4.69) is 38.5 Å². The number of aromatic nitrogens is 3. The summed E-state index contributed by atoms with van der Waals surface area (Å²) < 4.78 is 7.68. The summed E-state index contributed by atoms with van der Waals surface area (Å²) >= 11 is 6.29. The molecule has 2 aromatic heterocycles. The van der Waals surface area contributed by atoms with Crippen LogP contribution in [0, 0.1) is 13.8 Å². The molecule has 1 saturated heterocycles. The standard InChI is InChI=1S/C19H21ClN4O/c1-13-15(4-3-5-16(13)20)12-24-14(2)22-17-11-21-19(10-18(17)24)23-6-8-25-9-7-23/h3-5,10-11H,6-9,12H2,1-2H3. The van der Waals surface area contributed by atoms with E-state index in [1.165, 1.54) is 5.56 Å². The Balaban J connectivity index is 1.74. The maximum absolute atomic E-state index is 6.29. The first-order valence-electron chi connectivity index (χ1n) is 8.53. The van der Waals surface area contributed by atoms with Crippen LogP contribution in [0.2, 0.25) is 5.02 Å². The summed E-state index contributed by atoms with van der Waals surface area (Å²) in [7, 11) is 0. The van der Waals surface area contributed by atoms with Crippen LogP contribution in [0.4, 0.5) is 5.82 Å². The number of aryl methyl sites for hydroxylation is 1. The van der Waals surface area contributed by atoms with Gasteiger partial charge in [-0.25, -0.2) is 9.97 Å². The molecule has 25 heavy (non-hydrogen) atoms. The number of anilines is 1. The van der Waals surface area contributed by atoms with E-state index in [4.69, 9.17) is 16.3 Å². The Morgan fingerprint density at radius 3 is 2.80 bits per heavy atom. The lowest BCUT2D eigenvalue weighted by Gasteiger charge is -2.27. The molecule has 0 unspecified atom stereocenters. The minimum atomic E-state index is 0.750. The fourth-order valence-electron chi connectivity index (χ4n) is 3.30. The maximum Gasteiger partial charge on any atom is 0.130 e. The van der Waals surface area contributed by atoms with E-state index < -0.39 is 0 Å². The molecule has 0 bridgehead atoms. The molecule has 1 aliphatic rings. The number of hydrogen-bond donors (Lipinski definition) is 0. The van der Waals surface area contributed by atoms with Crippen molar-refractivity contribution >= 4 is 28.5 Å². The van der Waals surface area contributed by atoms with Crippen LogP contribution < -0.4 is 4.90 Å². The van der Waals surface area contributed by atoms with Crippen molar-refractivity contribution in [2.24, 2.45) is 0 Å². The van der Waals surface area contributed by atoms with Crippen molar-refractivity contribution in [3.8, 4) is 0 Å². The number of halogens is 1. The molecule has 5 nitrogen and oxygen atoms in total. The highest BCUT2D eigenvalue weighted by molar-refractivity contribution is 6.31. The Morgan fingerprint density at radius 1 is 1.20 bits per heavy atom. The normalized spacial score (nSPS) is 15.1. The summed E-state index contributed by atoms with van der Waals surface area (Å²) in [6, 6.07) is 8.19. The highest BCUT2D eigenvalue weighted by Gasteiger charge is 2.16. The summed E-state index contributed by atoms with van der Waals surface area (Å²) in [5, 5.41) is 0.801. The van der Waals surface area contributed by atoms with Gasteiger partial charge < -0.3 is 14.2 Å². The molecule has 130 valence electrons. The number of nitrogens with zero attached hydrogens (tertiary/aromatic N) is 4. The van der Waals surface area contributed by atoms with Crippen molar-refractivity contribution < 1.29 is 4.74 Å². The number of pyridine rings is 1. The number of hydrogen-bond acceptors (Lipinski definition) is 4. The van der Waals surface area contributed by atoms with Crippen molar-refractivity contribution in [1.29, 1.82) is 0 Å². The van der Waals surface area contributed by atoms with Gasteiger partial charge in [0.2, 0.25) is 0 Å². The first kappa shape index (κ1) is 16.4. The molecule has 3 heterocycles. The van der Waals surface area contributed by atoms with Crippen LogP contribution in [0.15, 0.2) is 30.5 Å². The summed E-state index contributed by atoms with van der Waals surface area (Å²) in [6.07, 6.45) is 1.87. The predicted octanol–water partition coefficient (Wildman–Crippen LogP) is 3.59. The molecule has 1 aromatic carbocycles. The third-order valence-electron chi connectivity index (χ3n) is 4.85. The Morgan fingerprint density at radius 2 is 2.00 bits per heavy atom. The smallest absolute Gasteiger partial charge is 0.130 e. The van der Waals surface area contributed by atoms with Gasteiger partial charge in [-0.05, 0) is 31.0 Å². The van der Waals surface area contributed by atoms with Gasteiger partial charge in [-0.1, -0.05) is 23.7 Å². The van der Waals surface area contributed by atoms with Gasteiger partial charge in [0.05, 0.1) is 24.9 Å². The largest absolute Gasteiger partial charge is 0.378 e. The average Bonchev–Trinajstić information content (AvgIpc) is 2.94. The zero-order valence-electron chi connectivity index (χ0n) is 14.5. The Hall–Kier alpha value is -2.11. The van der Waals surface area contributed by atoms with E-state index in [1.54, 1.807) is 0 Å². The lowest BCUT2D eigenvalue weighted by Crippen LogP contribution is -2.36. The molecule has 1 fully saturated rings. The van der Waals surface area contributed by atoms with E-state index in [0.29, 0.717) is 0 Å². The van der Waals surface area contributed by atoms with Crippen LogP contribution in [-0.2, 0) is 11.3 Å². The Kier molecular flexibility index (Phi) is 4.36. The number of fused-ring (bicyclic) bond motifs is 1. The molecule has 4 rings (SSSR count). The molecule has 1 aliphatic heterocycles. The third kappa shape index (κ3) is 3.10. The van der Waals surface area contributed by atoms with Crippen molar-refractivity contribution in [3.05, 3.63) is 52.4 Å². The lowest BCUT2D eigenvalue weighted by atomic mass is 10.1. The van der Waals surface area contributed by atoms with E-state index >= 15 is 0 Å². The zero-order chi connectivity index (χ0) is 17.4. The number of ether oxygens (including phenoxy) is 1. The topological polar surface area (TPSA) is 43.2 Å². The predicted molar refractivity (Wildman–Crippen MR) is 101 cm³/mol. The van der Waals surface area contributed by atoms with Crippen LogP contribution in [0.3, 0.4) is 0 Å². The van der Waals surface area contributed by atoms with Gasteiger partial charge in [-0.3, -0.25) is 0 Å². The molecule has 6 heteroatoms. The molecule has 0 aliphatic carbocycles. The molecule has 0 spiro atoms. The van der Waals surface area contributed by atoms with Crippen LogP contribution >= 0.6 is 11.6 Å². The molecule has 0 atom stereocenters. The van der Waals surface area contributed by atoms with Gasteiger partial charge in [0.25, 0.3) is 0 Å². The second kappa shape index (κ2) is 6.65. The monoisotopic (exact) mass is 356 g/mol. The van der Waals surface area contributed by atoms with Gasteiger partial charge in [-0.2, -0.15) is 0 Å². The molecular weight excluding hydrogens is 336 g/mol. The van der Waals surface area contributed by atoms with Crippen molar-refractivity contribution in [1.82, 2.24) is 14.5 Å². The maximum atomic E-state index is 6.29. The van der Waals surface area contributed by atoms with Gasteiger partial charge >= 0.3 is 0 Å². The lowest BCUT2D eigenvalue weighted by molar-refractivity contribution is 0.122. The highest BCUT2D eigenvalue weighted by atomic mass is 35.5. The van der Waals surface area contributed by atoms with Crippen molar-refractivity contribution in [2.45, 2.75) is 20.4 Å². The molecule has 0 N–H and O–H groups in total. The van der Waals surface area contributed by atoms with Gasteiger partial charge in [0.15, 0.2) is 0 Å². The number of imidazole rings is 1. The SMILES string of the molecule is Cc1c(Cl)cccc1Cn1c(C)nc2cnc(N3CCOCC3)cc21. The number of morpholine rings is 1. The average molecular weight is 357 g/mol. The first-order chi connectivity index (χ1) is 12.1. The quantitative estimate of drug-likeness (QED) is 0.719. The first-order valence-corrected chi connectivity index (χ1v) is 8.91. The number of benzene rings is 1. The second-order valence-corrected chi connectivity index (χ2v) is 6.81. The van der Waals surface area contributed by atoms with Crippen LogP contribution in [-0.4, -0.2) is 40.8 Å². The summed E-state index contributed by atoms with van der Waals surface area (Å²) in [5.74, 6) is 1.97. The summed E-state index contributed by atoms with van der Waals surface area (Å²) in [5.41, 5.74) is 4.36. The van der Waals surface area contributed by atoms with Gasteiger partial charge in [-0.15, -0.1) is 0 Å². The molecular formula is C19H21ClN4O. The minimum Gasteiger partial charge on any atom is -0.378 e. The van der Waals surface area contributed by atoms with E-state index in [9.17, 15) is 0 Å². The van der Waals surface area contributed by atoms with Crippen LogP contribution in [0.5, 0.6) is 0 Å². The van der Waals surface area contributed by atoms with E-state index in [1.807, 2.05) is 25.3 Å². The Bertz CT molecular complexity index is 915. The van der Waals surface area contributed by atoms with Gasteiger partial charge in [0.1, 0.15) is 17.2 Å². The minimum absolute atomic E-state index is 0.750. The molecule has 0 radical (unpaired) electrons. The fourth-order valence-corrected chi connectivity index (χ4v) is 3.49. The molecule has 0 amide bonds. The summed E-state index contributed by atoms with van der Waals surface area (Å²) in [6.45, 7) is 8.10. The van der Waals surface area contributed by atoms with Crippen molar-refractivity contribution in [3.63, 3.8) is 0 Å². The van der Waals surface area contributed by atoms with Gasteiger partial charge in [0, 0.05) is 30.7 Å². The zero-order valence-corrected chi connectivity index (χ0v) is 15.3. The van der Waals surface area contributed by atoms with E-state index in [0.717, 1.165) is 66.1 Å².